The van der Waals surface area contributed by atoms with E-state index in [9.17, 15) is 4.79 Å². The lowest BCUT2D eigenvalue weighted by Crippen LogP contribution is -2.68. The number of carboxylic acid groups (broad SMARTS) is 1. The molecule has 1 N–H and O–H groups in total. The SMILES string of the molecule is O=C(O)C1(N2CCOCC2)COC1. The first-order valence-corrected chi connectivity index (χ1v) is 4.40. The summed E-state index contributed by atoms with van der Waals surface area (Å²) in [5, 5.41) is 9.07. The Balaban J connectivity index is 2.06. The van der Waals surface area contributed by atoms with E-state index < -0.39 is 11.5 Å². The minimum absolute atomic E-state index is 0.308. The zero-order chi connectivity index (χ0) is 9.31. The molecule has 0 aliphatic carbocycles. The van der Waals surface area contributed by atoms with Gasteiger partial charge in [-0.25, -0.2) is 0 Å². The molecule has 2 fully saturated rings. The number of morpholine rings is 1. The Kier molecular flexibility index (Phi) is 2.23. The van der Waals surface area contributed by atoms with Gasteiger partial charge in [0.1, 0.15) is 0 Å². The molecular formula is C8H13NO4. The highest BCUT2D eigenvalue weighted by atomic mass is 16.5. The van der Waals surface area contributed by atoms with Crippen LogP contribution in [0.4, 0.5) is 0 Å². The summed E-state index contributed by atoms with van der Waals surface area (Å²) in [6.45, 7) is 3.24. The molecule has 0 aromatic carbocycles. The maximum atomic E-state index is 11.0. The summed E-state index contributed by atoms with van der Waals surface area (Å²) in [4.78, 5) is 13.0. The summed E-state index contributed by atoms with van der Waals surface area (Å²) in [5.41, 5.74) is -0.760. The molecule has 74 valence electrons. The van der Waals surface area contributed by atoms with Gasteiger partial charge >= 0.3 is 5.97 Å². The quantitative estimate of drug-likeness (QED) is 0.611. The van der Waals surface area contributed by atoms with E-state index in [1.807, 2.05) is 4.90 Å². The topological polar surface area (TPSA) is 59.0 Å². The molecule has 0 aromatic rings. The van der Waals surface area contributed by atoms with Crippen LogP contribution in [0.25, 0.3) is 0 Å². The van der Waals surface area contributed by atoms with E-state index in [4.69, 9.17) is 14.6 Å². The van der Waals surface area contributed by atoms with Crippen molar-refractivity contribution in [3.63, 3.8) is 0 Å². The molecule has 0 spiro atoms. The van der Waals surface area contributed by atoms with Gasteiger partial charge in [-0.05, 0) is 0 Å². The minimum Gasteiger partial charge on any atom is -0.480 e. The normalized spacial score (nSPS) is 28.0. The zero-order valence-corrected chi connectivity index (χ0v) is 7.36. The van der Waals surface area contributed by atoms with Crippen LogP contribution < -0.4 is 0 Å². The summed E-state index contributed by atoms with van der Waals surface area (Å²) in [7, 11) is 0. The smallest absolute Gasteiger partial charge is 0.328 e. The summed E-state index contributed by atoms with van der Waals surface area (Å²) in [6, 6.07) is 0. The first-order chi connectivity index (χ1) is 6.26. The molecule has 2 saturated heterocycles. The fourth-order valence-electron chi connectivity index (χ4n) is 1.73. The molecule has 5 heteroatoms. The van der Waals surface area contributed by atoms with Gasteiger partial charge in [0.15, 0.2) is 5.54 Å². The van der Waals surface area contributed by atoms with Crippen LogP contribution in [0.1, 0.15) is 0 Å². The summed E-state index contributed by atoms with van der Waals surface area (Å²) in [5.74, 6) is -0.777. The molecule has 0 saturated carbocycles. The largest absolute Gasteiger partial charge is 0.480 e. The fraction of sp³-hybridized carbons (Fsp3) is 0.875. The van der Waals surface area contributed by atoms with Crippen LogP contribution in [0, 0.1) is 0 Å². The monoisotopic (exact) mass is 187 g/mol. The maximum Gasteiger partial charge on any atom is 0.328 e. The van der Waals surface area contributed by atoms with Crippen molar-refractivity contribution in [1.29, 1.82) is 0 Å². The van der Waals surface area contributed by atoms with Gasteiger partial charge < -0.3 is 14.6 Å². The van der Waals surface area contributed by atoms with Crippen molar-refractivity contribution in [3.05, 3.63) is 0 Å². The molecule has 13 heavy (non-hydrogen) atoms. The molecule has 2 aliphatic heterocycles. The first-order valence-electron chi connectivity index (χ1n) is 4.40. The third kappa shape index (κ3) is 1.33. The number of aliphatic carboxylic acids is 1. The number of ether oxygens (including phenoxy) is 2. The average molecular weight is 187 g/mol. The van der Waals surface area contributed by atoms with Gasteiger partial charge in [0.2, 0.25) is 0 Å². The number of hydrogen-bond acceptors (Lipinski definition) is 4. The fourth-order valence-corrected chi connectivity index (χ4v) is 1.73. The minimum atomic E-state index is -0.777. The second-order valence-corrected chi connectivity index (χ2v) is 3.43. The van der Waals surface area contributed by atoms with Crippen LogP contribution >= 0.6 is 0 Å². The first kappa shape index (κ1) is 8.93. The van der Waals surface area contributed by atoms with Crippen LogP contribution in [-0.4, -0.2) is 61.0 Å². The molecule has 2 rings (SSSR count). The van der Waals surface area contributed by atoms with Crippen molar-refractivity contribution >= 4 is 5.97 Å². The lowest BCUT2D eigenvalue weighted by molar-refractivity contribution is -0.194. The van der Waals surface area contributed by atoms with E-state index in [-0.39, 0.29) is 0 Å². The van der Waals surface area contributed by atoms with Gasteiger partial charge in [0.25, 0.3) is 0 Å². The van der Waals surface area contributed by atoms with Gasteiger partial charge in [-0.1, -0.05) is 0 Å². The predicted molar refractivity (Wildman–Crippen MR) is 43.6 cm³/mol. The predicted octanol–water partition coefficient (Wildman–Crippen LogP) is -0.828. The zero-order valence-electron chi connectivity index (χ0n) is 7.36. The van der Waals surface area contributed by atoms with Gasteiger partial charge in [0.05, 0.1) is 26.4 Å². The highest BCUT2D eigenvalue weighted by Crippen LogP contribution is 2.26. The highest BCUT2D eigenvalue weighted by Gasteiger charge is 2.51. The Bertz CT molecular complexity index is 208. The second-order valence-electron chi connectivity index (χ2n) is 3.43. The molecular weight excluding hydrogens is 174 g/mol. The Morgan fingerprint density at radius 2 is 1.85 bits per heavy atom. The maximum absolute atomic E-state index is 11.0. The molecule has 2 aliphatic rings. The van der Waals surface area contributed by atoms with Crippen molar-refractivity contribution in [2.45, 2.75) is 5.54 Å². The Labute approximate surface area is 76.2 Å². The van der Waals surface area contributed by atoms with Crippen molar-refractivity contribution in [3.8, 4) is 0 Å². The summed E-state index contributed by atoms with van der Waals surface area (Å²) in [6.07, 6.45) is 0. The standard InChI is InChI=1S/C8H13NO4/c10-7(11)8(5-13-6-8)9-1-3-12-4-2-9/h1-6H2,(H,10,11). The number of carbonyl (C=O) groups is 1. The van der Waals surface area contributed by atoms with Crippen molar-refractivity contribution in [2.75, 3.05) is 39.5 Å². The molecule has 0 amide bonds. The summed E-state index contributed by atoms with van der Waals surface area (Å²) < 4.78 is 10.2. The lowest BCUT2D eigenvalue weighted by Gasteiger charge is -2.47. The highest BCUT2D eigenvalue weighted by molar-refractivity contribution is 5.80. The molecule has 5 nitrogen and oxygen atoms in total. The number of carboxylic acids is 1. The lowest BCUT2D eigenvalue weighted by atomic mass is 9.94. The second kappa shape index (κ2) is 3.25. The third-order valence-corrected chi connectivity index (χ3v) is 2.70. The number of rotatable bonds is 2. The molecule has 0 atom stereocenters. The molecule has 0 aromatic heterocycles. The van der Waals surface area contributed by atoms with E-state index in [0.717, 1.165) is 0 Å². The van der Waals surface area contributed by atoms with Crippen LogP contribution in [0.5, 0.6) is 0 Å². The van der Waals surface area contributed by atoms with Crippen molar-refractivity contribution < 1.29 is 19.4 Å². The number of hydrogen-bond donors (Lipinski definition) is 1. The van der Waals surface area contributed by atoms with E-state index in [2.05, 4.69) is 0 Å². The van der Waals surface area contributed by atoms with E-state index in [1.54, 1.807) is 0 Å². The molecule has 2 heterocycles. The Hall–Kier alpha value is -0.650. The van der Waals surface area contributed by atoms with Gasteiger partial charge in [-0.15, -0.1) is 0 Å². The molecule has 0 unspecified atom stereocenters. The van der Waals surface area contributed by atoms with Crippen molar-refractivity contribution in [1.82, 2.24) is 4.90 Å². The molecule has 0 radical (unpaired) electrons. The van der Waals surface area contributed by atoms with E-state index in [0.29, 0.717) is 39.5 Å². The van der Waals surface area contributed by atoms with Gasteiger partial charge in [-0.2, -0.15) is 0 Å². The number of nitrogens with zero attached hydrogens (tertiary/aromatic N) is 1. The van der Waals surface area contributed by atoms with Crippen LogP contribution in [0.3, 0.4) is 0 Å². The Morgan fingerprint density at radius 1 is 1.23 bits per heavy atom. The van der Waals surface area contributed by atoms with E-state index >= 15 is 0 Å². The van der Waals surface area contributed by atoms with Crippen molar-refractivity contribution in [2.24, 2.45) is 0 Å². The third-order valence-electron chi connectivity index (χ3n) is 2.70. The average Bonchev–Trinajstić information content (AvgIpc) is 2.03. The van der Waals surface area contributed by atoms with Gasteiger partial charge in [-0.3, -0.25) is 9.69 Å². The van der Waals surface area contributed by atoms with Crippen LogP contribution in [0.2, 0.25) is 0 Å². The van der Waals surface area contributed by atoms with Crippen LogP contribution in [-0.2, 0) is 14.3 Å². The summed E-state index contributed by atoms with van der Waals surface area (Å²) >= 11 is 0. The molecule has 0 bridgehead atoms. The van der Waals surface area contributed by atoms with Crippen LogP contribution in [0.15, 0.2) is 0 Å². The Morgan fingerprint density at radius 3 is 2.23 bits per heavy atom. The van der Waals surface area contributed by atoms with Gasteiger partial charge in [0, 0.05) is 13.1 Å². The van der Waals surface area contributed by atoms with E-state index in [1.165, 1.54) is 0 Å².